The van der Waals surface area contributed by atoms with E-state index in [0.29, 0.717) is 0 Å². The molecule has 0 atom stereocenters. The normalized spacial score (nSPS) is 18.1. The molecule has 0 spiro atoms. The van der Waals surface area contributed by atoms with Crippen molar-refractivity contribution in [1.82, 2.24) is 0 Å². The fraction of sp³-hybridized carbons (Fsp3) is 0.800. The highest BCUT2D eigenvalue weighted by molar-refractivity contribution is 5.88. The lowest BCUT2D eigenvalue weighted by molar-refractivity contribution is 0.210. The molecule has 0 aromatic rings. The monoisotopic (exact) mass is 198 g/mol. The van der Waals surface area contributed by atoms with Crippen LogP contribution >= 0.6 is 0 Å². The van der Waals surface area contributed by atoms with E-state index in [4.69, 9.17) is 9.68 Å². The topological polar surface area (TPSA) is 43.2 Å². The Hall–Kier alpha value is -1.06. The standard InChI is InChI=1S/C10H18N2O2/c1-13-11-9-5-3-7-10(12-14-2)8-4-6-9/h3-8H2,1-2H3. The van der Waals surface area contributed by atoms with Gasteiger partial charge in [-0.3, -0.25) is 0 Å². The zero-order valence-electron chi connectivity index (χ0n) is 8.95. The highest BCUT2D eigenvalue weighted by Gasteiger charge is 2.09. The molecule has 1 fully saturated rings. The molecule has 0 aromatic heterocycles. The molecule has 0 aliphatic heterocycles. The molecule has 0 bridgehead atoms. The van der Waals surface area contributed by atoms with E-state index in [2.05, 4.69) is 10.3 Å². The third-order valence-corrected chi connectivity index (χ3v) is 2.30. The van der Waals surface area contributed by atoms with Crippen molar-refractivity contribution >= 4 is 11.4 Å². The van der Waals surface area contributed by atoms with E-state index in [1.54, 1.807) is 14.2 Å². The van der Waals surface area contributed by atoms with Crippen LogP contribution in [-0.4, -0.2) is 25.6 Å². The summed E-state index contributed by atoms with van der Waals surface area (Å²) in [5.74, 6) is 0. The van der Waals surface area contributed by atoms with Gasteiger partial charge in [0.15, 0.2) is 0 Å². The van der Waals surface area contributed by atoms with E-state index in [-0.39, 0.29) is 0 Å². The van der Waals surface area contributed by atoms with Crippen molar-refractivity contribution in [3.63, 3.8) is 0 Å². The highest BCUT2D eigenvalue weighted by atomic mass is 16.6. The summed E-state index contributed by atoms with van der Waals surface area (Å²) in [6.45, 7) is 0. The molecular formula is C10H18N2O2. The van der Waals surface area contributed by atoms with Gasteiger partial charge in [0.1, 0.15) is 14.2 Å². The van der Waals surface area contributed by atoms with E-state index < -0.39 is 0 Å². The van der Waals surface area contributed by atoms with Crippen LogP contribution in [0, 0.1) is 0 Å². The summed E-state index contributed by atoms with van der Waals surface area (Å²) in [7, 11) is 3.20. The molecular weight excluding hydrogens is 180 g/mol. The predicted octanol–water partition coefficient (Wildman–Crippen LogP) is 2.35. The lowest BCUT2D eigenvalue weighted by Crippen LogP contribution is -2.09. The van der Waals surface area contributed by atoms with Crippen LogP contribution in [0.4, 0.5) is 0 Å². The zero-order valence-corrected chi connectivity index (χ0v) is 8.95. The van der Waals surface area contributed by atoms with Gasteiger partial charge in [-0.15, -0.1) is 0 Å². The van der Waals surface area contributed by atoms with Gasteiger partial charge in [0.25, 0.3) is 0 Å². The first kappa shape index (κ1) is 11.0. The molecule has 0 amide bonds. The Morgan fingerprint density at radius 2 is 1.14 bits per heavy atom. The first-order valence-electron chi connectivity index (χ1n) is 5.04. The van der Waals surface area contributed by atoms with Crippen molar-refractivity contribution in [3.8, 4) is 0 Å². The van der Waals surface area contributed by atoms with Crippen LogP contribution in [-0.2, 0) is 9.68 Å². The Balaban J connectivity index is 2.43. The molecule has 1 rings (SSSR count). The van der Waals surface area contributed by atoms with E-state index in [9.17, 15) is 0 Å². The lowest BCUT2D eigenvalue weighted by Gasteiger charge is -2.11. The molecule has 0 N–H and O–H groups in total. The Bertz CT molecular complexity index is 188. The number of rotatable bonds is 2. The SMILES string of the molecule is CON=C1CCCC(=NOC)CCC1. The maximum Gasteiger partial charge on any atom is 0.106 e. The fourth-order valence-corrected chi connectivity index (χ4v) is 1.68. The number of nitrogens with zero attached hydrogens (tertiary/aromatic N) is 2. The number of oxime groups is 2. The quantitative estimate of drug-likeness (QED) is 0.639. The third-order valence-electron chi connectivity index (χ3n) is 2.30. The van der Waals surface area contributed by atoms with Crippen LogP contribution in [0.5, 0.6) is 0 Å². The Morgan fingerprint density at radius 1 is 0.786 bits per heavy atom. The fourth-order valence-electron chi connectivity index (χ4n) is 1.68. The molecule has 0 unspecified atom stereocenters. The largest absolute Gasteiger partial charge is 0.399 e. The molecule has 80 valence electrons. The zero-order chi connectivity index (χ0) is 10.2. The average molecular weight is 198 g/mol. The van der Waals surface area contributed by atoms with E-state index in [1.165, 1.54) is 11.4 Å². The van der Waals surface area contributed by atoms with Gasteiger partial charge in [0.2, 0.25) is 0 Å². The Morgan fingerprint density at radius 3 is 1.43 bits per heavy atom. The molecule has 0 aromatic carbocycles. The number of hydrogen-bond acceptors (Lipinski definition) is 4. The average Bonchev–Trinajstić information content (AvgIpc) is 2.13. The second-order valence-corrected chi connectivity index (χ2v) is 3.39. The van der Waals surface area contributed by atoms with Crippen LogP contribution in [0.3, 0.4) is 0 Å². The molecule has 0 heterocycles. The molecule has 1 saturated carbocycles. The minimum Gasteiger partial charge on any atom is -0.399 e. The maximum atomic E-state index is 4.79. The second kappa shape index (κ2) is 6.40. The lowest BCUT2D eigenvalue weighted by atomic mass is 9.98. The molecule has 0 saturated heterocycles. The summed E-state index contributed by atoms with van der Waals surface area (Å²) >= 11 is 0. The van der Waals surface area contributed by atoms with Crippen LogP contribution in [0.1, 0.15) is 38.5 Å². The Labute approximate surface area is 84.9 Å². The second-order valence-electron chi connectivity index (χ2n) is 3.39. The Kier molecular flexibility index (Phi) is 5.04. The summed E-state index contributed by atoms with van der Waals surface area (Å²) in [6.07, 6.45) is 6.22. The van der Waals surface area contributed by atoms with Gasteiger partial charge in [0, 0.05) is 0 Å². The third kappa shape index (κ3) is 3.77. The van der Waals surface area contributed by atoms with Gasteiger partial charge in [-0.25, -0.2) is 0 Å². The van der Waals surface area contributed by atoms with Crippen molar-refractivity contribution in [2.75, 3.05) is 14.2 Å². The summed E-state index contributed by atoms with van der Waals surface area (Å²) in [6, 6.07) is 0. The molecule has 0 radical (unpaired) electrons. The molecule has 14 heavy (non-hydrogen) atoms. The first-order chi connectivity index (χ1) is 6.86. The summed E-state index contributed by atoms with van der Waals surface area (Å²) in [5.41, 5.74) is 2.34. The van der Waals surface area contributed by atoms with E-state index >= 15 is 0 Å². The van der Waals surface area contributed by atoms with Crippen LogP contribution in [0.15, 0.2) is 10.3 Å². The molecule has 4 nitrogen and oxygen atoms in total. The first-order valence-corrected chi connectivity index (χ1v) is 5.04. The minimum absolute atomic E-state index is 1.01. The molecule has 1 aliphatic rings. The van der Waals surface area contributed by atoms with Gasteiger partial charge in [0.05, 0.1) is 11.4 Å². The van der Waals surface area contributed by atoms with Gasteiger partial charge < -0.3 is 9.68 Å². The van der Waals surface area contributed by atoms with Crippen molar-refractivity contribution in [2.24, 2.45) is 10.3 Å². The minimum atomic E-state index is 1.01. The van der Waals surface area contributed by atoms with E-state index in [1.807, 2.05) is 0 Å². The van der Waals surface area contributed by atoms with Crippen molar-refractivity contribution in [2.45, 2.75) is 38.5 Å². The summed E-state index contributed by atoms with van der Waals surface area (Å²) in [5, 5.41) is 8.00. The summed E-state index contributed by atoms with van der Waals surface area (Å²) < 4.78 is 0. The van der Waals surface area contributed by atoms with Gasteiger partial charge in [-0.1, -0.05) is 10.3 Å². The van der Waals surface area contributed by atoms with Gasteiger partial charge >= 0.3 is 0 Å². The molecule has 4 heteroatoms. The predicted molar refractivity (Wildman–Crippen MR) is 56.6 cm³/mol. The molecule has 1 aliphatic carbocycles. The van der Waals surface area contributed by atoms with Crippen molar-refractivity contribution in [3.05, 3.63) is 0 Å². The maximum absolute atomic E-state index is 4.79. The smallest absolute Gasteiger partial charge is 0.106 e. The van der Waals surface area contributed by atoms with E-state index in [0.717, 1.165) is 38.5 Å². The van der Waals surface area contributed by atoms with Crippen LogP contribution < -0.4 is 0 Å². The number of hydrogen-bond donors (Lipinski definition) is 0. The van der Waals surface area contributed by atoms with Crippen LogP contribution in [0.25, 0.3) is 0 Å². The van der Waals surface area contributed by atoms with Gasteiger partial charge in [-0.05, 0) is 38.5 Å². The van der Waals surface area contributed by atoms with Gasteiger partial charge in [-0.2, -0.15) is 0 Å². The van der Waals surface area contributed by atoms with Crippen molar-refractivity contribution < 1.29 is 9.68 Å². The summed E-state index contributed by atoms with van der Waals surface area (Å²) in [4.78, 5) is 9.57. The highest BCUT2D eigenvalue weighted by Crippen LogP contribution is 2.14. The van der Waals surface area contributed by atoms with Crippen molar-refractivity contribution in [1.29, 1.82) is 0 Å². The van der Waals surface area contributed by atoms with Crippen LogP contribution in [0.2, 0.25) is 0 Å².